The Labute approximate surface area is 224 Å². The number of nitrogens with one attached hydrogen (secondary N) is 2. The van der Waals surface area contributed by atoms with Gasteiger partial charge >= 0.3 is 0 Å². The first-order valence-electron chi connectivity index (χ1n) is 12.4. The SMILES string of the molecule is COc1nc(OCc2cccc(-c3ccc4c(c3)OCCO4)c2C)c(Br)cc1CNC[C@@H]1CCC(=O)N1. The second-order valence-corrected chi connectivity index (χ2v) is 9.97. The maximum absolute atomic E-state index is 11.4. The molecule has 0 saturated carbocycles. The molecule has 194 valence electrons. The van der Waals surface area contributed by atoms with Gasteiger partial charge in [0.2, 0.25) is 17.7 Å². The monoisotopic (exact) mass is 567 g/mol. The number of amides is 1. The first-order chi connectivity index (χ1) is 18.0. The summed E-state index contributed by atoms with van der Waals surface area (Å²) >= 11 is 3.60. The molecule has 3 heterocycles. The summed E-state index contributed by atoms with van der Waals surface area (Å²) in [5.74, 6) is 2.63. The first kappa shape index (κ1) is 25.4. The molecule has 8 nitrogen and oxygen atoms in total. The second kappa shape index (κ2) is 11.4. The quantitative estimate of drug-likeness (QED) is 0.392. The van der Waals surface area contributed by atoms with Gasteiger partial charge in [-0.05, 0) is 69.7 Å². The van der Waals surface area contributed by atoms with Gasteiger partial charge in [0, 0.05) is 31.1 Å². The Morgan fingerprint density at radius 2 is 1.95 bits per heavy atom. The van der Waals surface area contributed by atoms with Gasteiger partial charge in [-0.25, -0.2) is 0 Å². The molecule has 2 N–H and O–H groups in total. The van der Waals surface area contributed by atoms with Crippen LogP contribution in [0.5, 0.6) is 23.3 Å². The van der Waals surface area contributed by atoms with E-state index in [0.717, 1.165) is 50.2 Å². The fourth-order valence-electron chi connectivity index (χ4n) is 4.62. The number of carbonyl (C=O) groups excluding carboxylic acids is 1. The van der Waals surface area contributed by atoms with Crippen molar-refractivity contribution >= 4 is 21.8 Å². The van der Waals surface area contributed by atoms with Crippen molar-refractivity contribution in [2.75, 3.05) is 26.9 Å². The molecule has 2 aliphatic heterocycles. The molecule has 0 radical (unpaired) electrons. The molecule has 0 spiro atoms. The molecule has 5 rings (SSSR count). The molecular weight excluding hydrogens is 538 g/mol. The van der Waals surface area contributed by atoms with Crippen LogP contribution in [0.1, 0.15) is 29.5 Å². The van der Waals surface area contributed by atoms with Crippen molar-refractivity contribution in [2.45, 2.75) is 39.0 Å². The van der Waals surface area contributed by atoms with Crippen molar-refractivity contribution in [3.63, 3.8) is 0 Å². The molecule has 2 aromatic carbocycles. The lowest BCUT2D eigenvalue weighted by molar-refractivity contribution is -0.119. The van der Waals surface area contributed by atoms with Gasteiger partial charge in [0.05, 0.1) is 11.6 Å². The number of benzene rings is 2. The number of halogens is 1. The Morgan fingerprint density at radius 1 is 1.11 bits per heavy atom. The molecule has 37 heavy (non-hydrogen) atoms. The van der Waals surface area contributed by atoms with Gasteiger partial charge in [0.1, 0.15) is 19.8 Å². The fourth-order valence-corrected chi connectivity index (χ4v) is 5.10. The zero-order valence-corrected chi connectivity index (χ0v) is 22.5. The van der Waals surface area contributed by atoms with Gasteiger partial charge in [-0.2, -0.15) is 4.98 Å². The van der Waals surface area contributed by atoms with E-state index in [1.54, 1.807) is 7.11 Å². The number of fused-ring (bicyclic) bond motifs is 1. The lowest BCUT2D eigenvalue weighted by atomic mass is 9.96. The smallest absolute Gasteiger partial charge is 0.231 e. The summed E-state index contributed by atoms with van der Waals surface area (Å²) in [6.45, 7) is 4.85. The highest BCUT2D eigenvalue weighted by Gasteiger charge is 2.21. The highest BCUT2D eigenvalue weighted by Crippen LogP contribution is 2.36. The van der Waals surface area contributed by atoms with Crippen LogP contribution in [0.4, 0.5) is 0 Å². The van der Waals surface area contributed by atoms with Crippen LogP contribution >= 0.6 is 15.9 Å². The number of aromatic nitrogens is 1. The minimum atomic E-state index is 0.113. The van der Waals surface area contributed by atoms with Crippen LogP contribution in [0.3, 0.4) is 0 Å². The van der Waals surface area contributed by atoms with E-state index in [2.05, 4.69) is 56.7 Å². The third-order valence-electron chi connectivity index (χ3n) is 6.63. The molecule has 1 saturated heterocycles. The lowest BCUT2D eigenvalue weighted by Crippen LogP contribution is -2.35. The number of pyridine rings is 1. The highest BCUT2D eigenvalue weighted by molar-refractivity contribution is 9.10. The Bertz CT molecular complexity index is 1300. The Morgan fingerprint density at radius 3 is 2.73 bits per heavy atom. The number of carbonyl (C=O) groups is 1. The average molecular weight is 568 g/mol. The summed E-state index contributed by atoms with van der Waals surface area (Å²) in [5, 5.41) is 6.34. The number of hydrogen-bond donors (Lipinski definition) is 2. The van der Waals surface area contributed by atoms with Crippen molar-refractivity contribution in [2.24, 2.45) is 0 Å². The second-order valence-electron chi connectivity index (χ2n) is 9.11. The molecule has 0 unspecified atom stereocenters. The van der Waals surface area contributed by atoms with E-state index < -0.39 is 0 Å². The summed E-state index contributed by atoms with van der Waals surface area (Å²) in [7, 11) is 1.60. The Balaban J connectivity index is 1.27. The van der Waals surface area contributed by atoms with Crippen molar-refractivity contribution in [1.82, 2.24) is 15.6 Å². The van der Waals surface area contributed by atoms with E-state index in [1.807, 2.05) is 24.3 Å². The third-order valence-corrected chi connectivity index (χ3v) is 7.20. The molecule has 1 fully saturated rings. The van der Waals surface area contributed by atoms with E-state index in [0.29, 0.717) is 51.1 Å². The number of hydrogen-bond acceptors (Lipinski definition) is 7. The van der Waals surface area contributed by atoms with Crippen LogP contribution in [0, 0.1) is 6.92 Å². The maximum Gasteiger partial charge on any atom is 0.231 e. The largest absolute Gasteiger partial charge is 0.486 e. The zero-order chi connectivity index (χ0) is 25.8. The number of nitrogens with zero attached hydrogens (tertiary/aromatic N) is 1. The highest BCUT2D eigenvalue weighted by atomic mass is 79.9. The number of methoxy groups -OCH3 is 1. The topological polar surface area (TPSA) is 90.9 Å². The van der Waals surface area contributed by atoms with E-state index in [-0.39, 0.29) is 11.9 Å². The van der Waals surface area contributed by atoms with Crippen LogP contribution < -0.4 is 29.6 Å². The summed E-state index contributed by atoms with van der Waals surface area (Å²) in [5.41, 5.74) is 5.27. The normalized spacial score (nSPS) is 16.4. The molecule has 1 aromatic heterocycles. The van der Waals surface area contributed by atoms with Crippen LogP contribution in [0.25, 0.3) is 11.1 Å². The Hall–Kier alpha value is -3.30. The minimum Gasteiger partial charge on any atom is -0.486 e. The van der Waals surface area contributed by atoms with E-state index in [4.69, 9.17) is 18.9 Å². The maximum atomic E-state index is 11.4. The van der Waals surface area contributed by atoms with Crippen molar-refractivity contribution in [1.29, 1.82) is 0 Å². The molecule has 2 aliphatic rings. The molecule has 1 atom stereocenters. The zero-order valence-electron chi connectivity index (χ0n) is 20.9. The molecular formula is C28H30BrN3O5. The fraction of sp³-hybridized carbons (Fsp3) is 0.357. The predicted molar refractivity (Wildman–Crippen MR) is 143 cm³/mol. The molecule has 1 amide bonds. The van der Waals surface area contributed by atoms with Gasteiger partial charge in [0.25, 0.3) is 0 Å². The van der Waals surface area contributed by atoms with Crippen molar-refractivity contribution < 1.29 is 23.7 Å². The van der Waals surface area contributed by atoms with E-state index in [1.165, 1.54) is 0 Å². The standard InChI is InChI=1S/C28H30BrN3O5/c1-17-19(4-3-5-22(17)18-6-8-24-25(13-18)36-11-10-35-24)16-37-28-23(29)12-20(27(32-28)34-2)14-30-15-21-7-9-26(33)31-21/h3-6,8,12-13,21,30H,7,9-11,14-16H2,1-2H3,(H,31,33)/t21-/m0/s1. The molecule has 3 aromatic rings. The van der Waals surface area contributed by atoms with Crippen molar-refractivity contribution in [3.05, 3.63) is 63.6 Å². The number of rotatable bonds is 9. The molecule has 9 heteroatoms. The number of ether oxygens (including phenoxy) is 4. The molecule has 0 aliphatic carbocycles. The van der Waals surface area contributed by atoms with Gasteiger partial charge in [0.15, 0.2) is 11.5 Å². The van der Waals surface area contributed by atoms with Gasteiger partial charge in [-0.3, -0.25) is 4.79 Å². The van der Waals surface area contributed by atoms with Gasteiger partial charge < -0.3 is 29.6 Å². The Kier molecular flexibility index (Phi) is 7.81. The summed E-state index contributed by atoms with van der Waals surface area (Å²) in [6, 6.07) is 14.3. The van der Waals surface area contributed by atoms with Crippen LogP contribution in [-0.2, 0) is 17.9 Å². The van der Waals surface area contributed by atoms with Crippen LogP contribution in [-0.4, -0.2) is 43.8 Å². The predicted octanol–water partition coefficient (Wildman–Crippen LogP) is 4.55. The van der Waals surface area contributed by atoms with Gasteiger partial charge in [-0.15, -0.1) is 0 Å². The molecule has 0 bridgehead atoms. The van der Waals surface area contributed by atoms with E-state index >= 15 is 0 Å². The lowest BCUT2D eigenvalue weighted by Gasteiger charge is -2.20. The third kappa shape index (κ3) is 5.83. The summed E-state index contributed by atoms with van der Waals surface area (Å²) in [6.07, 6.45) is 1.45. The van der Waals surface area contributed by atoms with E-state index in [9.17, 15) is 4.79 Å². The summed E-state index contributed by atoms with van der Waals surface area (Å²) in [4.78, 5) is 16.0. The van der Waals surface area contributed by atoms with Crippen LogP contribution in [0.15, 0.2) is 46.9 Å². The summed E-state index contributed by atoms with van der Waals surface area (Å²) < 4.78 is 23.8. The van der Waals surface area contributed by atoms with Gasteiger partial charge in [-0.1, -0.05) is 24.3 Å². The van der Waals surface area contributed by atoms with Crippen molar-refractivity contribution in [3.8, 4) is 34.4 Å². The van der Waals surface area contributed by atoms with Crippen LogP contribution in [0.2, 0.25) is 0 Å². The minimum absolute atomic E-state index is 0.113. The average Bonchev–Trinajstić information content (AvgIpc) is 3.33. The first-order valence-corrected chi connectivity index (χ1v) is 13.2.